The average Bonchev–Trinajstić information content (AvgIpc) is 3.00. The third-order valence-electron chi connectivity index (χ3n) is 3.58. The molecule has 26 heavy (non-hydrogen) atoms. The Morgan fingerprint density at radius 2 is 1.73 bits per heavy atom. The highest BCUT2D eigenvalue weighted by atomic mass is 32.1. The zero-order valence-corrected chi connectivity index (χ0v) is 14.7. The second-order valence-corrected chi connectivity index (χ2v) is 5.71. The van der Waals surface area contributed by atoms with Crippen LogP contribution in [0.2, 0.25) is 0 Å². The van der Waals surface area contributed by atoms with E-state index in [1.807, 2.05) is 30.3 Å². The molecule has 0 saturated carbocycles. The van der Waals surface area contributed by atoms with Crippen molar-refractivity contribution in [1.82, 2.24) is 9.99 Å². The Balaban J connectivity index is 1.76. The van der Waals surface area contributed by atoms with Crippen molar-refractivity contribution in [2.75, 3.05) is 17.9 Å². The summed E-state index contributed by atoms with van der Waals surface area (Å²) >= 11 is 5.18. The Kier molecular flexibility index (Phi) is 5.14. The number of carbonyl (C=O) groups is 2. The fourth-order valence-electron chi connectivity index (χ4n) is 2.45. The number of amides is 2. The molecule has 0 atom stereocenters. The summed E-state index contributed by atoms with van der Waals surface area (Å²) in [7, 11) is 1.30. The van der Waals surface area contributed by atoms with E-state index >= 15 is 0 Å². The monoisotopic (exact) mass is 368 g/mol. The van der Waals surface area contributed by atoms with E-state index in [2.05, 4.69) is 16.1 Å². The lowest BCUT2D eigenvalue weighted by atomic mass is 10.2. The molecule has 0 unspecified atom stereocenters. The number of hydrogen-bond acceptors (Lipinski definition) is 4. The van der Waals surface area contributed by atoms with Gasteiger partial charge in [0, 0.05) is 11.1 Å². The molecule has 2 amide bonds. The summed E-state index contributed by atoms with van der Waals surface area (Å²) in [5.41, 5.74) is 4.46. The number of anilines is 1. The molecule has 0 spiro atoms. The van der Waals surface area contributed by atoms with Gasteiger partial charge in [-0.15, -0.1) is 0 Å². The number of nitrogens with zero attached hydrogens (tertiary/aromatic N) is 1. The molecule has 7 nitrogen and oxygen atoms in total. The van der Waals surface area contributed by atoms with E-state index in [4.69, 9.17) is 17.0 Å². The smallest absolute Gasteiger partial charge is 0.356 e. The molecule has 3 rings (SSSR count). The minimum Gasteiger partial charge on any atom is -0.464 e. The molecule has 132 valence electrons. The van der Waals surface area contributed by atoms with Gasteiger partial charge in [0.15, 0.2) is 5.11 Å². The van der Waals surface area contributed by atoms with Crippen LogP contribution in [0.4, 0.5) is 10.5 Å². The van der Waals surface area contributed by atoms with Gasteiger partial charge in [-0.25, -0.2) is 14.3 Å². The first kappa shape index (κ1) is 17.4. The maximum absolute atomic E-state index is 12.0. The van der Waals surface area contributed by atoms with Gasteiger partial charge in [-0.05, 0) is 36.5 Å². The summed E-state index contributed by atoms with van der Waals surface area (Å²) in [6, 6.07) is 17.5. The Bertz CT molecular complexity index is 969. The highest BCUT2D eigenvalue weighted by molar-refractivity contribution is 7.80. The number of para-hydroxylation sites is 2. The zero-order chi connectivity index (χ0) is 18.5. The number of fused-ring (bicyclic) bond motifs is 1. The summed E-state index contributed by atoms with van der Waals surface area (Å²) in [6.07, 6.45) is 0. The van der Waals surface area contributed by atoms with Gasteiger partial charge < -0.3 is 10.1 Å². The van der Waals surface area contributed by atoms with Crippen LogP contribution in [0.3, 0.4) is 0 Å². The van der Waals surface area contributed by atoms with Gasteiger partial charge in [-0.3, -0.25) is 10.7 Å². The molecule has 0 fully saturated rings. The first-order valence-electron chi connectivity index (χ1n) is 7.71. The molecule has 3 N–H and O–H groups in total. The number of esters is 1. The number of thiocarbonyl (C=S) groups is 1. The van der Waals surface area contributed by atoms with Crippen molar-refractivity contribution >= 4 is 45.9 Å². The van der Waals surface area contributed by atoms with Crippen molar-refractivity contribution in [3.05, 3.63) is 66.4 Å². The van der Waals surface area contributed by atoms with Gasteiger partial charge in [0.25, 0.3) is 0 Å². The minimum absolute atomic E-state index is 0.0323. The number of rotatable bonds is 3. The number of hydrogen-bond donors (Lipinski definition) is 3. The van der Waals surface area contributed by atoms with E-state index in [0.29, 0.717) is 5.69 Å². The summed E-state index contributed by atoms with van der Waals surface area (Å²) in [4.78, 5) is 24.1. The summed E-state index contributed by atoms with van der Waals surface area (Å²) in [5, 5.41) is 6.04. The van der Waals surface area contributed by atoms with Crippen LogP contribution >= 0.6 is 12.2 Å². The fourth-order valence-corrected chi connectivity index (χ4v) is 2.63. The lowest BCUT2D eigenvalue weighted by Gasteiger charge is -2.14. The summed E-state index contributed by atoms with van der Waals surface area (Å²) < 4.78 is 6.28. The van der Waals surface area contributed by atoms with Gasteiger partial charge in [0.2, 0.25) is 0 Å². The number of urea groups is 1. The lowest BCUT2D eigenvalue weighted by molar-refractivity contribution is 0.0591. The second kappa shape index (κ2) is 7.66. The largest absolute Gasteiger partial charge is 0.464 e. The molecule has 1 aromatic heterocycles. The summed E-state index contributed by atoms with van der Waals surface area (Å²) in [5.74, 6) is -0.523. The van der Waals surface area contributed by atoms with Gasteiger partial charge in [-0.1, -0.05) is 36.4 Å². The van der Waals surface area contributed by atoms with Crippen LogP contribution in [0.15, 0.2) is 60.7 Å². The predicted molar refractivity (Wildman–Crippen MR) is 104 cm³/mol. The van der Waals surface area contributed by atoms with E-state index in [1.165, 1.54) is 11.8 Å². The van der Waals surface area contributed by atoms with Gasteiger partial charge in [-0.2, -0.15) is 0 Å². The molecule has 0 aliphatic rings. The third kappa shape index (κ3) is 3.81. The molecule has 0 saturated heterocycles. The van der Waals surface area contributed by atoms with Crippen molar-refractivity contribution < 1.29 is 14.3 Å². The number of ether oxygens (including phenoxy) is 1. The van der Waals surface area contributed by atoms with Crippen molar-refractivity contribution in [3.8, 4) is 0 Å². The van der Waals surface area contributed by atoms with Gasteiger partial charge in [0.1, 0.15) is 5.69 Å². The third-order valence-corrected chi connectivity index (χ3v) is 3.77. The highest BCUT2D eigenvalue weighted by Crippen LogP contribution is 2.19. The summed E-state index contributed by atoms with van der Waals surface area (Å²) in [6.45, 7) is 0. The molecule has 0 bridgehead atoms. The number of benzene rings is 2. The van der Waals surface area contributed by atoms with E-state index in [9.17, 15) is 9.59 Å². The quantitative estimate of drug-likeness (QED) is 0.489. The maximum Gasteiger partial charge on any atom is 0.356 e. The number of carbonyl (C=O) groups excluding carboxylic acids is 2. The molecule has 2 aromatic carbocycles. The first-order valence-corrected chi connectivity index (χ1v) is 8.12. The Morgan fingerprint density at radius 3 is 2.46 bits per heavy atom. The van der Waals surface area contributed by atoms with Crippen molar-refractivity contribution in [2.45, 2.75) is 0 Å². The molecular formula is C18H16N4O3S. The van der Waals surface area contributed by atoms with Crippen LogP contribution in [0.1, 0.15) is 10.5 Å². The van der Waals surface area contributed by atoms with E-state index < -0.39 is 12.0 Å². The van der Waals surface area contributed by atoms with E-state index in [0.717, 1.165) is 10.9 Å². The SMILES string of the molecule is COC(=O)c1cc2ccccc2n1NC(=S)NC(=O)Nc1ccccc1. The minimum atomic E-state index is -0.523. The first-order chi connectivity index (χ1) is 12.6. The van der Waals surface area contributed by atoms with Crippen LogP contribution in [-0.4, -0.2) is 28.9 Å². The van der Waals surface area contributed by atoms with Crippen LogP contribution in [-0.2, 0) is 4.74 Å². The van der Waals surface area contributed by atoms with Gasteiger partial charge >= 0.3 is 12.0 Å². The predicted octanol–water partition coefficient (Wildman–Crippen LogP) is 3.08. The molecule has 3 aromatic rings. The highest BCUT2D eigenvalue weighted by Gasteiger charge is 2.17. The molecule has 0 radical (unpaired) electrons. The standard InChI is InChI=1S/C18H16N4O3S/c1-25-16(23)15-11-12-7-5-6-10-14(12)22(15)21-18(26)20-17(24)19-13-8-3-2-4-9-13/h2-11H,1H3,(H3,19,20,21,24,26). The lowest BCUT2D eigenvalue weighted by Crippen LogP contribution is -2.41. The fraction of sp³-hybridized carbons (Fsp3) is 0.0556. The zero-order valence-electron chi connectivity index (χ0n) is 13.9. The maximum atomic E-state index is 12.0. The van der Waals surface area contributed by atoms with Crippen LogP contribution in [0.5, 0.6) is 0 Å². The molecule has 8 heteroatoms. The van der Waals surface area contributed by atoms with E-state index in [-0.39, 0.29) is 10.8 Å². The number of methoxy groups -OCH3 is 1. The second-order valence-electron chi connectivity index (χ2n) is 5.30. The number of nitrogens with one attached hydrogen (secondary N) is 3. The molecule has 1 heterocycles. The number of aromatic nitrogens is 1. The van der Waals surface area contributed by atoms with Crippen molar-refractivity contribution in [3.63, 3.8) is 0 Å². The van der Waals surface area contributed by atoms with Crippen molar-refractivity contribution in [1.29, 1.82) is 0 Å². The Labute approximate surface area is 154 Å². The molecule has 0 aliphatic heterocycles. The van der Waals surface area contributed by atoms with Crippen LogP contribution < -0.4 is 16.1 Å². The molecular weight excluding hydrogens is 352 g/mol. The van der Waals surface area contributed by atoms with Crippen LogP contribution in [0, 0.1) is 0 Å². The molecule has 0 aliphatic carbocycles. The van der Waals surface area contributed by atoms with Crippen molar-refractivity contribution in [2.24, 2.45) is 0 Å². The average molecular weight is 368 g/mol. The normalized spacial score (nSPS) is 10.2. The Hall–Kier alpha value is -3.39. The van der Waals surface area contributed by atoms with Gasteiger partial charge in [0.05, 0.1) is 12.6 Å². The Morgan fingerprint density at radius 1 is 1.04 bits per heavy atom. The van der Waals surface area contributed by atoms with Crippen LogP contribution in [0.25, 0.3) is 10.9 Å². The van der Waals surface area contributed by atoms with E-state index in [1.54, 1.807) is 30.3 Å². The topological polar surface area (TPSA) is 84.4 Å².